The van der Waals surface area contributed by atoms with Crippen molar-refractivity contribution in [2.45, 2.75) is 38.8 Å². The predicted octanol–water partition coefficient (Wildman–Crippen LogP) is 2.85. The first kappa shape index (κ1) is 17.8. The van der Waals surface area contributed by atoms with Gasteiger partial charge in [-0.15, -0.1) is 0 Å². The smallest absolute Gasteiger partial charge is 0.408 e. The van der Waals surface area contributed by atoms with Gasteiger partial charge in [0.2, 0.25) is 0 Å². The molecule has 0 saturated heterocycles. The fourth-order valence-electron chi connectivity index (χ4n) is 1.73. The maximum absolute atomic E-state index is 12.1. The summed E-state index contributed by atoms with van der Waals surface area (Å²) in [7, 11) is 0. The Labute approximate surface area is 131 Å². The quantitative estimate of drug-likeness (QED) is 0.648. The molecule has 0 aliphatic heterocycles. The van der Waals surface area contributed by atoms with Gasteiger partial charge in [-0.05, 0) is 26.3 Å². The number of esters is 1. The van der Waals surface area contributed by atoms with Crippen LogP contribution < -0.4 is 5.32 Å². The van der Waals surface area contributed by atoms with Crippen molar-refractivity contribution >= 4 is 12.1 Å². The Morgan fingerprint density at radius 3 is 2.45 bits per heavy atom. The van der Waals surface area contributed by atoms with E-state index >= 15 is 0 Å². The molecule has 0 heterocycles. The zero-order chi connectivity index (χ0) is 16.6. The number of rotatable bonds is 6. The van der Waals surface area contributed by atoms with Crippen molar-refractivity contribution in [2.24, 2.45) is 0 Å². The maximum atomic E-state index is 12.1. The van der Waals surface area contributed by atoms with Gasteiger partial charge in [0.15, 0.2) is 0 Å². The predicted molar refractivity (Wildman–Crippen MR) is 84.5 cm³/mol. The third-order valence-corrected chi connectivity index (χ3v) is 2.60. The maximum Gasteiger partial charge on any atom is 0.408 e. The molecule has 0 fully saturated rings. The van der Waals surface area contributed by atoms with Gasteiger partial charge in [0.1, 0.15) is 18.2 Å². The van der Waals surface area contributed by atoms with Crippen LogP contribution in [0.4, 0.5) is 4.79 Å². The van der Waals surface area contributed by atoms with Gasteiger partial charge in [-0.25, -0.2) is 9.59 Å². The number of ether oxygens (including phenoxy) is 2. The topological polar surface area (TPSA) is 64.6 Å². The number of carbonyl (C=O) groups is 2. The Morgan fingerprint density at radius 1 is 1.27 bits per heavy atom. The third-order valence-electron chi connectivity index (χ3n) is 2.60. The SMILES string of the molecule is C=CCOC(=O)C(Cc1ccccc1)NC(=O)OC(C)(C)C. The summed E-state index contributed by atoms with van der Waals surface area (Å²) in [4.78, 5) is 23.9. The molecule has 0 spiro atoms. The summed E-state index contributed by atoms with van der Waals surface area (Å²) in [5, 5.41) is 2.56. The molecule has 120 valence electrons. The van der Waals surface area contributed by atoms with Crippen molar-refractivity contribution in [3.05, 3.63) is 48.6 Å². The summed E-state index contributed by atoms with van der Waals surface area (Å²) in [5.41, 5.74) is 0.283. The highest BCUT2D eigenvalue weighted by atomic mass is 16.6. The number of hydrogen-bond acceptors (Lipinski definition) is 4. The van der Waals surface area contributed by atoms with Crippen molar-refractivity contribution in [2.75, 3.05) is 6.61 Å². The molecule has 0 aliphatic rings. The summed E-state index contributed by atoms with van der Waals surface area (Å²) in [6, 6.07) is 8.58. The largest absolute Gasteiger partial charge is 0.460 e. The molecule has 0 radical (unpaired) electrons. The molecule has 0 aromatic heterocycles. The van der Waals surface area contributed by atoms with E-state index in [1.807, 2.05) is 30.3 Å². The van der Waals surface area contributed by atoms with Crippen molar-refractivity contribution in [3.8, 4) is 0 Å². The highest BCUT2D eigenvalue weighted by Crippen LogP contribution is 2.09. The van der Waals surface area contributed by atoms with Crippen molar-refractivity contribution in [3.63, 3.8) is 0 Å². The van der Waals surface area contributed by atoms with E-state index in [0.717, 1.165) is 5.56 Å². The second-order valence-corrected chi connectivity index (χ2v) is 5.81. The number of alkyl carbamates (subject to hydrolysis) is 1. The van der Waals surface area contributed by atoms with E-state index in [0.29, 0.717) is 6.42 Å². The van der Waals surface area contributed by atoms with Crippen LogP contribution in [-0.2, 0) is 20.7 Å². The standard InChI is InChI=1S/C17H23NO4/c1-5-11-21-15(19)14(12-13-9-7-6-8-10-13)18-16(20)22-17(2,3)4/h5-10,14H,1,11-12H2,2-4H3,(H,18,20). The van der Waals surface area contributed by atoms with Gasteiger partial charge >= 0.3 is 12.1 Å². The molecular weight excluding hydrogens is 282 g/mol. The molecule has 0 saturated carbocycles. The lowest BCUT2D eigenvalue weighted by atomic mass is 10.1. The van der Waals surface area contributed by atoms with Crippen LogP contribution in [0.3, 0.4) is 0 Å². The zero-order valence-corrected chi connectivity index (χ0v) is 13.3. The van der Waals surface area contributed by atoms with Crippen LogP contribution in [-0.4, -0.2) is 30.3 Å². The van der Waals surface area contributed by atoms with E-state index in [1.54, 1.807) is 20.8 Å². The minimum absolute atomic E-state index is 0.0973. The lowest BCUT2D eigenvalue weighted by Crippen LogP contribution is -2.45. The molecule has 0 aliphatic carbocycles. The zero-order valence-electron chi connectivity index (χ0n) is 13.3. The van der Waals surface area contributed by atoms with E-state index in [-0.39, 0.29) is 6.61 Å². The Hall–Kier alpha value is -2.30. The molecule has 1 N–H and O–H groups in total. The van der Waals surface area contributed by atoms with Crippen molar-refractivity contribution < 1.29 is 19.1 Å². The Morgan fingerprint density at radius 2 is 1.91 bits per heavy atom. The van der Waals surface area contributed by atoms with Crippen LogP contribution in [0.1, 0.15) is 26.3 Å². The van der Waals surface area contributed by atoms with Crippen LogP contribution in [0.25, 0.3) is 0 Å². The molecule has 1 rings (SSSR count). The molecule has 5 heteroatoms. The summed E-state index contributed by atoms with van der Waals surface area (Å²) in [6.07, 6.45) is 1.16. The van der Waals surface area contributed by atoms with E-state index in [4.69, 9.17) is 9.47 Å². The normalized spacial score (nSPS) is 12.1. The van der Waals surface area contributed by atoms with Gasteiger partial charge in [-0.3, -0.25) is 0 Å². The molecule has 0 bridgehead atoms. The highest BCUT2D eigenvalue weighted by molar-refractivity contribution is 5.81. The van der Waals surface area contributed by atoms with E-state index in [2.05, 4.69) is 11.9 Å². The average Bonchev–Trinajstić information content (AvgIpc) is 2.43. The second kappa shape index (κ2) is 8.22. The molecule has 1 amide bonds. The van der Waals surface area contributed by atoms with E-state index in [1.165, 1.54) is 6.08 Å². The minimum atomic E-state index is -0.808. The third kappa shape index (κ3) is 6.92. The summed E-state index contributed by atoms with van der Waals surface area (Å²) in [5.74, 6) is -0.519. The lowest BCUT2D eigenvalue weighted by Gasteiger charge is -2.23. The van der Waals surface area contributed by atoms with Crippen molar-refractivity contribution in [1.29, 1.82) is 0 Å². The van der Waals surface area contributed by atoms with Crippen LogP contribution in [0, 0.1) is 0 Å². The Kier molecular flexibility index (Phi) is 6.63. The monoisotopic (exact) mass is 305 g/mol. The molecule has 1 aromatic carbocycles. The highest BCUT2D eigenvalue weighted by Gasteiger charge is 2.25. The fraction of sp³-hybridized carbons (Fsp3) is 0.412. The van der Waals surface area contributed by atoms with Crippen LogP contribution in [0.5, 0.6) is 0 Å². The minimum Gasteiger partial charge on any atom is -0.460 e. The van der Waals surface area contributed by atoms with Gasteiger partial charge in [-0.2, -0.15) is 0 Å². The second-order valence-electron chi connectivity index (χ2n) is 5.81. The molecule has 1 aromatic rings. The number of amides is 1. The molecule has 22 heavy (non-hydrogen) atoms. The number of benzene rings is 1. The first-order valence-corrected chi connectivity index (χ1v) is 7.13. The summed E-state index contributed by atoms with van der Waals surface area (Å²) >= 11 is 0. The number of nitrogens with one attached hydrogen (secondary N) is 1. The number of carbonyl (C=O) groups excluding carboxylic acids is 2. The molecule has 1 atom stereocenters. The van der Waals surface area contributed by atoms with E-state index < -0.39 is 23.7 Å². The first-order chi connectivity index (χ1) is 10.3. The fourth-order valence-corrected chi connectivity index (χ4v) is 1.73. The summed E-state index contributed by atoms with van der Waals surface area (Å²) < 4.78 is 10.2. The summed E-state index contributed by atoms with van der Waals surface area (Å²) in [6.45, 7) is 8.87. The average molecular weight is 305 g/mol. The van der Waals surface area contributed by atoms with Gasteiger partial charge in [0.25, 0.3) is 0 Å². The van der Waals surface area contributed by atoms with E-state index in [9.17, 15) is 9.59 Å². The molecule has 1 unspecified atom stereocenters. The molecule has 5 nitrogen and oxygen atoms in total. The van der Waals surface area contributed by atoms with Gasteiger partial charge < -0.3 is 14.8 Å². The van der Waals surface area contributed by atoms with Gasteiger partial charge in [0.05, 0.1) is 0 Å². The van der Waals surface area contributed by atoms with Crippen molar-refractivity contribution in [1.82, 2.24) is 5.32 Å². The lowest BCUT2D eigenvalue weighted by molar-refractivity contribution is -0.144. The molecular formula is C17H23NO4. The Balaban J connectivity index is 2.75. The van der Waals surface area contributed by atoms with Gasteiger partial charge in [0, 0.05) is 6.42 Å². The first-order valence-electron chi connectivity index (χ1n) is 7.13. The van der Waals surface area contributed by atoms with Gasteiger partial charge in [-0.1, -0.05) is 43.0 Å². The number of hydrogen-bond donors (Lipinski definition) is 1. The van der Waals surface area contributed by atoms with Crippen LogP contribution in [0.15, 0.2) is 43.0 Å². The van der Waals surface area contributed by atoms with Crippen LogP contribution in [0.2, 0.25) is 0 Å². The Bertz CT molecular complexity index is 505. The van der Waals surface area contributed by atoms with Crippen LogP contribution >= 0.6 is 0 Å².